The zero-order valence-corrected chi connectivity index (χ0v) is 16.3. The van der Waals surface area contributed by atoms with E-state index in [1.54, 1.807) is 19.1 Å². The maximum Gasteiger partial charge on any atom is 0.240 e. The smallest absolute Gasteiger partial charge is 0.240 e. The molecule has 0 amide bonds. The van der Waals surface area contributed by atoms with Crippen molar-refractivity contribution in [3.63, 3.8) is 0 Å². The standard InChI is InChI=1S/C16H26N2O5S2/c1-3-23-11-6-9-17-25(21,22)16-13-15(8-7-14(16)2)18-10-4-5-12-24(18,19)20/h7-8,13,17H,3-6,9-12H2,1-2H3. The van der Waals surface area contributed by atoms with Crippen LogP contribution in [0.15, 0.2) is 23.1 Å². The van der Waals surface area contributed by atoms with Gasteiger partial charge in [0.25, 0.3) is 0 Å². The zero-order chi connectivity index (χ0) is 18.5. The van der Waals surface area contributed by atoms with Crippen LogP contribution in [0.1, 0.15) is 31.7 Å². The summed E-state index contributed by atoms with van der Waals surface area (Å²) in [6.45, 7) is 5.32. The van der Waals surface area contributed by atoms with Gasteiger partial charge in [-0.05, 0) is 50.8 Å². The topological polar surface area (TPSA) is 92.8 Å². The number of nitrogens with zero attached hydrogens (tertiary/aromatic N) is 1. The van der Waals surface area contributed by atoms with E-state index in [1.807, 2.05) is 6.92 Å². The van der Waals surface area contributed by atoms with Crippen LogP contribution in [0.2, 0.25) is 0 Å². The normalized spacial score (nSPS) is 17.6. The van der Waals surface area contributed by atoms with Gasteiger partial charge in [0.15, 0.2) is 0 Å². The molecule has 0 aliphatic carbocycles. The molecule has 0 radical (unpaired) electrons. The molecule has 0 unspecified atom stereocenters. The average Bonchev–Trinajstić information content (AvgIpc) is 2.55. The Balaban J connectivity index is 2.20. The highest BCUT2D eigenvalue weighted by molar-refractivity contribution is 7.92. The van der Waals surface area contributed by atoms with Crippen LogP contribution in [-0.4, -0.2) is 48.9 Å². The van der Waals surface area contributed by atoms with Crippen LogP contribution in [0.5, 0.6) is 0 Å². The molecule has 1 fully saturated rings. The molecule has 25 heavy (non-hydrogen) atoms. The highest BCUT2D eigenvalue weighted by Crippen LogP contribution is 2.27. The fourth-order valence-corrected chi connectivity index (χ4v) is 5.68. The third-order valence-corrected chi connectivity index (χ3v) is 7.53. The maximum atomic E-state index is 12.6. The average molecular weight is 391 g/mol. The molecule has 9 heteroatoms. The van der Waals surface area contributed by atoms with Crippen molar-refractivity contribution in [1.29, 1.82) is 0 Å². The SMILES string of the molecule is CCOCCCNS(=O)(=O)c1cc(N2CCCCS2(=O)=O)ccc1C. The zero-order valence-electron chi connectivity index (χ0n) is 14.7. The first kappa shape index (κ1) is 20.2. The monoisotopic (exact) mass is 390 g/mol. The molecule has 0 atom stereocenters. The number of benzene rings is 1. The summed E-state index contributed by atoms with van der Waals surface area (Å²) in [4.78, 5) is 0.113. The first-order valence-electron chi connectivity index (χ1n) is 8.46. The molecule has 1 aliphatic heterocycles. The Morgan fingerprint density at radius 1 is 1.28 bits per heavy atom. The van der Waals surface area contributed by atoms with Gasteiger partial charge >= 0.3 is 0 Å². The third-order valence-electron chi connectivity index (χ3n) is 4.06. The third kappa shape index (κ3) is 5.16. The first-order chi connectivity index (χ1) is 11.8. The summed E-state index contributed by atoms with van der Waals surface area (Å²) in [5, 5.41) is 0. The minimum Gasteiger partial charge on any atom is -0.382 e. The molecular weight excluding hydrogens is 364 g/mol. The Hall–Kier alpha value is -1.16. The van der Waals surface area contributed by atoms with Crippen LogP contribution in [0.3, 0.4) is 0 Å². The molecular formula is C16H26N2O5S2. The highest BCUT2D eigenvalue weighted by Gasteiger charge is 2.27. The molecule has 0 spiro atoms. The van der Waals surface area contributed by atoms with Gasteiger partial charge in [0, 0.05) is 26.3 Å². The van der Waals surface area contributed by atoms with E-state index in [-0.39, 0.29) is 17.2 Å². The number of hydrogen-bond donors (Lipinski definition) is 1. The van der Waals surface area contributed by atoms with E-state index in [4.69, 9.17) is 4.74 Å². The van der Waals surface area contributed by atoms with Crippen LogP contribution in [0.25, 0.3) is 0 Å². The van der Waals surface area contributed by atoms with Crippen LogP contribution in [-0.2, 0) is 24.8 Å². The lowest BCUT2D eigenvalue weighted by Gasteiger charge is -2.28. The molecule has 1 saturated heterocycles. The van der Waals surface area contributed by atoms with Crippen LogP contribution < -0.4 is 9.03 Å². The predicted octanol–water partition coefficient (Wildman–Crippen LogP) is 1.63. The molecule has 1 aliphatic rings. The summed E-state index contributed by atoms with van der Waals surface area (Å²) in [5.74, 6) is 0.0959. The highest BCUT2D eigenvalue weighted by atomic mass is 32.2. The molecule has 1 aromatic carbocycles. The summed E-state index contributed by atoms with van der Waals surface area (Å²) >= 11 is 0. The van der Waals surface area contributed by atoms with Crippen molar-refractivity contribution in [3.8, 4) is 0 Å². The molecule has 1 aromatic rings. The van der Waals surface area contributed by atoms with Gasteiger partial charge in [0.1, 0.15) is 0 Å². The summed E-state index contributed by atoms with van der Waals surface area (Å²) < 4.78 is 58.7. The second kappa shape index (κ2) is 8.48. The van der Waals surface area contributed by atoms with Crippen molar-refractivity contribution in [2.75, 3.05) is 36.4 Å². The van der Waals surface area contributed by atoms with Gasteiger partial charge in [0.05, 0.1) is 16.3 Å². The number of sulfonamides is 2. The lowest BCUT2D eigenvalue weighted by molar-refractivity contribution is 0.146. The summed E-state index contributed by atoms with van der Waals surface area (Å²) in [6.07, 6.45) is 1.98. The number of nitrogens with one attached hydrogen (secondary N) is 1. The van der Waals surface area contributed by atoms with E-state index in [2.05, 4.69) is 4.72 Å². The van der Waals surface area contributed by atoms with Crippen molar-refractivity contribution in [2.24, 2.45) is 0 Å². The van der Waals surface area contributed by atoms with E-state index in [1.165, 1.54) is 10.4 Å². The molecule has 1 N–H and O–H groups in total. The van der Waals surface area contributed by atoms with Crippen molar-refractivity contribution in [2.45, 2.75) is 38.0 Å². The van der Waals surface area contributed by atoms with Gasteiger partial charge in [-0.1, -0.05) is 6.07 Å². The lowest BCUT2D eigenvalue weighted by Crippen LogP contribution is -2.38. The Labute approximate surface area is 150 Å². The van der Waals surface area contributed by atoms with Crippen molar-refractivity contribution < 1.29 is 21.6 Å². The Morgan fingerprint density at radius 3 is 2.72 bits per heavy atom. The first-order valence-corrected chi connectivity index (χ1v) is 11.6. The molecule has 1 heterocycles. The van der Waals surface area contributed by atoms with E-state index in [9.17, 15) is 16.8 Å². The van der Waals surface area contributed by atoms with Crippen molar-refractivity contribution in [3.05, 3.63) is 23.8 Å². The van der Waals surface area contributed by atoms with Crippen LogP contribution >= 0.6 is 0 Å². The van der Waals surface area contributed by atoms with E-state index in [0.29, 0.717) is 43.9 Å². The minimum absolute atomic E-state index is 0.0959. The van der Waals surface area contributed by atoms with Crippen molar-refractivity contribution >= 4 is 25.7 Å². The predicted molar refractivity (Wildman–Crippen MR) is 97.8 cm³/mol. The fraction of sp³-hybridized carbons (Fsp3) is 0.625. The van der Waals surface area contributed by atoms with Gasteiger partial charge in [0.2, 0.25) is 20.0 Å². The summed E-state index contributed by atoms with van der Waals surface area (Å²) in [5.41, 5.74) is 0.982. The van der Waals surface area contributed by atoms with E-state index in [0.717, 1.165) is 6.42 Å². The molecule has 7 nitrogen and oxygen atoms in total. The van der Waals surface area contributed by atoms with Gasteiger partial charge in [-0.3, -0.25) is 4.31 Å². The number of rotatable bonds is 8. The number of aryl methyl sites for hydroxylation is 1. The quantitative estimate of drug-likeness (QED) is 0.681. The van der Waals surface area contributed by atoms with E-state index < -0.39 is 20.0 Å². The van der Waals surface area contributed by atoms with Gasteiger partial charge in [-0.25, -0.2) is 21.6 Å². The second-order valence-electron chi connectivity index (χ2n) is 5.99. The Kier molecular flexibility index (Phi) is 6.84. The lowest BCUT2D eigenvalue weighted by atomic mass is 10.2. The van der Waals surface area contributed by atoms with E-state index >= 15 is 0 Å². The molecule has 142 valence electrons. The largest absolute Gasteiger partial charge is 0.382 e. The molecule has 0 aromatic heterocycles. The minimum atomic E-state index is -3.70. The van der Waals surface area contributed by atoms with Crippen LogP contribution in [0.4, 0.5) is 5.69 Å². The van der Waals surface area contributed by atoms with Crippen LogP contribution in [0, 0.1) is 6.92 Å². The molecule has 0 saturated carbocycles. The molecule has 2 rings (SSSR count). The fourth-order valence-electron chi connectivity index (χ4n) is 2.72. The molecule has 0 bridgehead atoms. The van der Waals surface area contributed by atoms with Gasteiger partial charge < -0.3 is 4.74 Å². The second-order valence-corrected chi connectivity index (χ2v) is 9.74. The summed E-state index contributed by atoms with van der Waals surface area (Å²) in [7, 11) is -7.08. The number of anilines is 1. The number of hydrogen-bond acceptors (Lipinski definition) is 5. The van der Waals surface area contributed by atoms with Gasteiger partial charge in [-0.15, -0.1) is 0 Å². The Morgan fingerprint density at radius 2 is 2.04 bits per heavy atom. The Bertz CT molecular complexity index is 791. The maximum absolute atomic E-state index is 12.6. The summed E-state index contributed by atoms with van der Waals surface area (Å²) in [6, 6.07) is 4.75. The number of ether oxygens (including phenoxy) is 1. The van der Waals surface area contributed by atoms with Gasteiger partial charge in [-0.2, -0.15) is 0 Å². The van der Waals surface area contributed by atoms with Crippen molar-refractivity contribution in [1.82, 2.24) is 4.72 Å².